The van der Waals surface area contributed by atoms with E-state index in [0.29, 0.717) is 30.2 Å². The van der Waals surface area contributed by atoms with Crippen LogP contribution in [0.4, 0.5) is 4.39 Å². The molecule has 1 atom stereocenters. The lowest BCUT2D eigenvalue weighted by Gasteiger charge is -2.35. The van der Waals surface area contributed by atoms with Crippen LogP contribution < -0.4 is 10.6 Å². The number of rotatable bonds is 6. The molecule has 1 unspecified atom stereocenters. The molecule has 9 heteroatoms. The summed E-state index contributed by atoms with van der Waals surface area (Å²) in [7, 11) is 1.80. The van der Waals surface area contributed by atoms with Crippen LogP contribution >= 0.6 is 11.6 Å². The number of benzene rings is 1. The number of amides is 2. The third kappa shape index (κ3) is 4.84. The van der Waals surface area contributed by atoms with Crippen molar-refractivity contribution < 1.29 is 14.0 Å². The lowest BCUT2D eigenvalue weighted by Crippen LogP contribution is -2.56. The average molecular weight is 394 g/mol. The van der Waals surface area contributed by atoms with Crippen molar-refractivity contribution in [3.8, 4) is 0 Å². The zero-order valence-corrected chi connectivity index (χ0v) is 15.7. The summed E-state index contributed by atoms with van der Waals surface area (Å²) in [6.07, 6.45) is 3.46. The Morgan fingerprint density at radius 2 is 2.30 bits per heavy atom. The highest BCUT2D eigenvalue weighted by Crippen LogP contribution is 2.23. The van der Waals surface area contributed by atoms with Crippen LogP contribution in [0.3, 0.4) is 0 Å². The predicted molar refractivity (Wildman–Crippen MR) is 98.3 cm³/mol. The van der Waals surface area contributed by atoms with Gasteiger partial charge >= 0.3 is 0 Å². The summed E-state index contributed by atoms with van der Waals surface area (Å²) in [4.78, 5) is 26.4. The molecular formula is C18H21ClFN5O2. The van der Waals surface area contributed by atoms with Crippen LogP contribution in [0.2, 0.25) is 5.02 Å². The monoisotopic (exact) mass is 393 g/mol. The molecule has 144 valence electrons. The van der Waals surface area contributed by atoms with E-state index in [1.807, 2.05) is 0 Å². The van der Waals surface area contributed by atoms with Crippen molar-refractivity contribution in [2.45, 2.75) is 25.6 Å². The Labute approximate surface area is 161 Å². The molecule has 7 nitrogen and oxygen atoms in total. The van der Waals surface area contributed by atoms with Crippen molar-refractivity contribution in [2.24, 2.45) is 7.05 Å². The number of hydrogen-bond acceptors (Lipinski definition) is 4. The Morgan fingerprint density at radius 3 is 3.00 bits per heavy atom. The van der Waals surface area contributed by atoms with Crippen LogP contribution in [-0.4, -0.2) is 45.6 Å². The predicted octanol–water partition coefficient (Wildman–Crippen LogP) is 1.22. The molecule has 0 aliphatic carbocycles. The third-order valence-corrected chi connectivity index (χ3v) is 4.85. The molecule has 1 aliphatic heterocycles. The maximum Gasteiger partial charge on any atom is 0.237 e. The van der Waals surface area contributed by atoms with E-state index in [1.165, 1.54) is 12.1 Å². The molecule has 0 saturated carbocycles. The topological polar surface area (TPSA) is 79.3 Å². The first-order chi connectivity index (χ1) is 12.9. The molecule has 0 radical (unpaired) electrons. The summed E-state index contributed by atoms with van der Waals surface area (Å²) < 4.78 is 15.8. The summed E-state index contributed by atoms with van der Waals surface area (Å²) in [6, 6.07) is 3.80. The second-order valence-corrected chi connectivity index (χ2v) is 6.89. The van der Waals surface area contributed by atoms with Gasteiger partial charge in [0.15, 0.2) is 0 Å². The van der Waals surface area contributed by atoms with Crippen LogP contribution in [0.15, 0.2) is 30.6 Å². The summed E-state index contributed by atoms with van der Waals surface area (Å²) >= 11 is 6.10. The lowest BCUT2D eigenvalue weighted by molar-refractivity contribution is -0.134. The highest BCUT2D eigenvalue weighted by molar-refractivity contribution is 6.31. The minimum atomic E-state index is -0.677. The van der Waals surface area contributed by atoms with E-state index in [0.717, 1.165) is 5.56 Å². The summed E-state index contributed by atoms with van der Waals surface area (Å²) in [5, 5.41) is 9.90. The SMILES string of the molecule is Cn1cc(CNC(=O)CC2C(=O)NCCN2Cc2c(F)cccc2Cl)cn1. The van der Waals surface area contributed by atoms with Gasteiger partial charge in [0, 0.05) is 55.6 Å². The molecule has 2 N–H and O–H groups in total. The normalized spacial score (nSPS) is 17.6. The molecule has 2 amide bonds. The van der Waals surface area contributed by atoms with E-state index in [-0.39, 0.29) is 24.8 Å². The van der Waals surface area contributed by atoms with Gasteiger partial charge in [-0.1, -0.05) is 17.7 Å². The van der Waals surface area contributed by atoms with Crippen molar-refractivity contribution >= 4 is 23.4 Å². The van der Waals surface area contributed by atoms with Crippen LogP contribution in [0, 0.1) is 5.82 Å². The molecule has 2 heterocycles. The fourth-order valence-corrected chi connectivity index (χ4v) is 3.29. The minimum absolute atomic E-state index is 0.0157. The van der Waals surface area contributed by atoms with E-state index in [4.69, 9.17) is 11.6 Å². The number of carbonyl (C=O) groups is 2. The second-order valence-electron chi connectivity index (χ2n) is 6.48. The summed E-state index contributed by atoms with van der Waals surface area (Å²) in [5.74, 6) is -0.927. The number of nitrogens with zero attached hydrogens (tertiary/aromatic N) is 3. The summed E-state index contributed by atoms with van der Waals surface area (Å²) in [6.45, 7) is 1.45. The third-order valence-electron chi connectivity index (χ3n) is 4.49. The lowest BCUT2D eigenvalue weighted by atomic mass is 10.1. The van der Waals surface area contributed by atoms with Crippen LogP contribution in [0.5, 0.6) is 0 Å². The van der Waals surface area contributed by atoms with Gasteiger partial charge in [0.2, 0.25) is 11.8 Å². The fourth-order valence-electron chi connectivity index (χ4n) is 3.07. The van der Waals surface area contributed by atoms with Gasteiger partial charge < -0.3 is 10.6 Å². The largest absolute Gasteiger partial charge is 0.353 e. The molecule has 0 bridgehead atoms. The Hall–Kier alpha value is -2.45. The fraction of sp³-hybridized carbons (Fsp3) is 0.389. The molecule has 3 rings (SSSR count). The van der Waals surface area contributed by atoms with Gasteiger partial charge in [-0.3, -0.25) is 19.2 Å². The summed E-state index contributed by atoms with van der Waals surface area (Å²) in [5.41, 5.74) is 1.20. The van der Waals surface area contributed by atoms with E-state index in [2.05, 4.69) is 15.7 Å². The van der Waals surface area contributed by atoms with Crippen LogP contribution in [0.1, 0.15) is 17.5 Å². The van der Waals surface area contributed by atoms with Crippen LogP contribution in [-0.2, 0) is 29.7 Å². The number of aromatic nitrogens is 2. The number of carbonyl (C=O) groups excluding carboxylic acids is 2. The molecule has 1 fully saturated rings. The van der Waals surface area contributed by atoms with Crippen molar-refractivity contribution in [3.63, 3.8) is 0 Å². The van der Waals surface area contributed by atoms with E-state index in [9.17, 15) is 14.0 Å². The number of hydrogen-bond donors (Lipinski definition) is 2. The van der Waals surface area contributed by atoms with Crippen LogP contribution in [0.25, 0.3) is 0 Å². The van der Waals surface area contributed by atoms with E-state index >= 15 is 0 Å². The zero-order chi connectivity index (χ0) is 19.4. The molecule has 0 spiro atoms. The van der Waals surface area contributed by atoms with Gasteiger partial charge in [-0.15, -0.1) is 0 Å². The molecular weight excluding hydrogens is 373 g/mol. The molecule has 2 aromatic rings. The highest BCUT2D eigenvalue weighted by Gasteiger charge is 2.32. The Bertz CT molecular complexity index is 821. The molecule has 27 heavy (non-hydrogen) atoms. The van der Waals surface area contributed by atoms with Gasteiger partial charge in [-0.2, -0.15) is 5.10 Å². The number of nitrogens with one attached hydrogen (secondary N) is 2. The maximum atomic E-state index is 14.1. The van der Waals surface area contributed by atoms with Gasteiger partial charge in [0.1, 0.15) is 5.82 Å². The first kappa shape index (κ1) is 19.3. The molecule has 1 aromatic carbocycles. The first-order valence-corrected chi connectivity index (χ1v) is 9.00. The van der Waals surface area contributed by atoms with Crippen molar-refractivity contribution in [1.29, 1.82) is 0 Å². The highest BCUT2D eigenvalue weighted by atomic mass is 35.5. The second kappa shape index (κ2) is 8.49. The quantitative estimate of drug-likeness (QED) is 0.773. The van der Waals surface area contributed by atoms with E-state index < -0.39 is 11.9 Å². The molecule has 1 aromatic heterocycles. The maximum absolute atomic E-state index is 14.1. The average Bonchev–Trinajstić information content (AvgIpc) is 3.04. The molecule has 1 aliphatic rings. The number of aryl methyl sites for hydroxylation is 1. The zero-order valence-electron chi connectivity index (χ0n) is 14.9. The Morgan fingerprint density at radius 1 is 1.48 bits per heavy atom. The van der Waals surface area contributed by atoms with Crippen molar-refractivity contribution in [1.82, 2.24) is 25.3 Å². The Balaban J connectivity index is 1.65. The minimum Gasteiger partial charge on any atom is -0.353 e. The van der Waals surface area contributed by atoms with Crippen molar-refractivity contribution in [3.05, 3.63) is 52.6 Å². The smallest absolute Gasteiger partial charge is 0.237 e. The molecule has 1 saturated heterocycles. The van der Waals surface area contributed by atoms with Gasteiger partial charge in [0.05, 0.1) is 18.7 Å². The van der Waals surface area contributed by atoms with Crippen molar-refractivity contribution in [2.75, 3.05) is 13.1 Å². The standard InChI is InChI=1S/C18H21ClFN5O2/c1-24-10-12(9-23-24)8-22-17(26)7-16-18(27)21-5-6-25(16)11-13-14(19)3-2-4-15(13)20/h2-4,9-10,16H,5-8,11H2,1H3,(H,21,27)(H,22,26). The van der Waals surface area contributed by atoms with Gasteiger partial charge in [-0.05, 0) is 12.1 Å². The number of halogens is 2. The Kier molecular flexibility index (Phi) is 6.08. The van der Waals surface area contributed by atoms with E-state index in [1.54, 1.807) is 35.1 Å². The van der Waals surface area contributed by atoms with Gasteiger partial charge in [-0.25, -0.2) is 4.39 Å². The van der Waals surface area contributed by atoms with Gasteiger partial charge in [0.25, 0.3) is 0 Å². The number of piperazine rings is 1. The first-order valence-electron chi connectivity index (χ1n) is 8.63.